The SMILES string of the molecule is CC(C)OC(=O)[C@H]1CCC[C@@H](N=O)C1. The molecular weight excluding hydrogens is 182 g/mol. The normalized spacial score (nSPS) is 27.4. The third-order valence-electron chi connectivity index (χ3n) is 2.48. The van der Waals surface area contributed by atoms with Crippen LogP contribution in [0.2, 0.25) is 0 Å². The van der Waals surface area contributed by atoms with Gasteiger partial charge in [-0.05, 0) is 33.1 Å². The molecule has 4 heteroatoms. The predicted octanol–water partition coefficient (Wildman–Crippen LogP) is 2.26. The molecular formula is C10H17NO3. The van der Waals surface area contributed by atoms with Gasteiger partial charge in [-0.15, -0.1) is 0 Å². The zero-order valence-electron chi connectivity index (χ0n) is 8.73. The Morgan fingerprint density at radius 1 is 1.43 bits per heavy atom. The molecule has 1 aliphatic carbocycles. The zero-order valence-corrected chi connectivity index (χ0v) is 8.73. The van der Waals surface area contributed by atoms with Crippen molar-refractivity contribution in [2.24, 2.45) is 11.1 Å². The zero-order chi connectivity index (χ0) is 10.6. The molecule has 0 bridgehead atoms. The molecule has 1 rings (SSSR count). The largest absolute Gasteiger partial charge is 0.463 e. The van der Waals surface area contributed by atoms with Gasteiger partial charge in [-0.25, -0.2) is 0 Å². The van der Waals surface area contributed by atoms with E-state index in [4.69, 9.17) is 4.74 Å². The van der Waals surface area contributed by atoms with E-state index in [2.05, 4.69) is 5.18 Å². The standard InChI is InChI=1S/C10H17NO3/c1-7(2)14-10(12)8-4-3-5-9(6-8)11-13/h7-9H,3-6H2,1-2H3/t8-,9+/m0/s1. The maximum atomic E-state index is 11.5. The van der Waals surface area contributed by atoms with Crippen LogP contribution in [-0.2, 0) is 9.53 Å². The van der Waals surface area contributed by atoms with E-state index >= 15 is 0 Å². The molecule has 0 heterocycles. The molecule has 0 aromatic carbocycles. The Bertz CT molecular complexity index is 215. The van der Waals surface area contributed by atoms with E-state index in [0.717, 1.165) is 19.3 Å². The van der Waals surface area contributed by atoms with Crippen LogP contribution in [0.15, 0.2) is 5.18 Å². The Hall–Kier alpha value is -0.930. The Morgan fingerprint density at radius 2 is 2.14 bits per heavy atom. The fourth-order valence-corrected chi connectivity index (χ4v) is 1.80. The van der Waals surface area contributed by atoms with Gasteiger partial charge in [0, 0.05) is 0 Å². The predicted molar refractivity (Wildman–Crippen MR) is 52.8 cm³/mol. The number of carbonyl (C=O) groups excluding carboxylic acids is 1. The van der Waals surface area contributed by atoms with E-state index in [-0.39, 0.29) is 24.0 Å². The number of nitroso groups, excluding NO2 is 1. The maximum Gasteiger partial charge on any atom is 0.309 e. The van der Waals surface area contributed by atoms with Crippen LogP contribution in [0.1, 0.15) is 39.5 Å². The summed E-state index contributed by atoms with van der Waals surface area (Å²) in [6, 6.07) is -0.187. The molecule has 0 aliphatic heterocycles. The lowest BCUT2D eigenvalue weighted by molar-refractivity contribution is -0.153. The minimum atomic E-state index is -0.187. The average molecular weight is 199 g/mol. The van der Waals surface area contributed by atoms with E-state index in [9.17, 15) is 9.70 Å². The van der Waals surface area contributed by atoms with E-state index in [0.29, 0.717) is 6.42 Å². The summed E-state index contributed by atoms with van der Waals surface area (Å²) in [5, 5.41) is 3.00. The molecule has 80 valence electrons. The highest BCUT2D eigenvalue weighted by Crippen LogP contribution is 2.27. The Kier molecular flexibility index (Phi) is 4.04. The van der Waals surface area contributed by atoms with Gasteiger partial charge in [0.25, 0.3) is 0 Å². The van der Waals surface area contributed by atoms with Crippen molar-refractivity contribution in [3.8, 4) is 0 Å². The van der Waals surface area contributed by atoms with Gasteiger partial charge in [0.15, 0.2) is 0 Å². The van der Waals surface area contributed by atoms with Crippen molar-refractivity contribution in [3.05, 3.63) is 4.91 Å². The first kappa shape index (κ1) is 11.1. The van der Waals surface area contributed by atoms with Crippen LogP contribution in [0.3, 0.4) is 0 Å². The number of hydrogen-bond donors (Lipinski definition) is 0. The van der Waals surface area contributed by atoms with Crippen LogP contribution in [-0.4, -0.2) is 18.1 Å². The van der Waals surface area contributed by atoms with Gasteiger partial charge in [0.05, 0.1) is 18.1 Å². The lowest BCUT2D eigenvalue weighted by Crippen LogP contribution is -2.28. The van der Waals surface area contributed by atoms with Crippen molar-refractivity contribution in [1.82, 2.24) is 0 Å². The first-order valence-corrected chi connectivity index (χ1v) is 5.16. The first-order chi connectivity index (χ1) is 6.63. The molecule has 0 aromatic rings. The number of ether oxygens (including phenoxy) is 1. The number of rotatable bonds is 3. The van der Waals surface area contributed by atoms with E-state index < -0.39 is 0 Å². The minimum absolute atomic E-state index is 0.0768. The van der Waals surface area contributed by atoms with Crippen LogP contribution < -0.4 is 0 Å². The number of esters is 1. The quantitative estimate of drug-likeness (QED) is 0.517. The number of nitrogens with zero attached hydrogens (tertiary/aromatic N) is 1. The molecule has 0 aromatic heterocycles. The monoisotopic (exact) mass is 199 g/mol. The third kappa shape index (κ3) is 3.09. The lowest BCUT2D eigenvalue weighted by Gasteiger charge is -2.24. The van der Waals surface area contributed by atoms with Crippen LogP contribution >= 0.6 is 0 Å². The van der Waals surface area contributed by atoms with Gasteiger partial charge in [-0.1, -0.05) is 11.6 Å². The molecule has 1 fully saturated rings. The molecule has 0 amide bonds. The summed E-state index contributed by atoms with van der Waals surface area (Å²) in [6.07, 6.45) is 3.03. The molecule has 1 saturated carbocycles. The summed E-state index contributed by atoms with van der Waals surface area (Å²) in [7, 11) is 0. The van der Waals surface area contributed by atoms with Crippen LogP contribution in [0.5, 0.6) is 0 Å². The fraction of sp³-hybridized carbons (Fsp3) is 0.900. The molecule has 0 radical (unpaired) electrons. The highest BCUT2D eigenvalue weighted by Gasteiger charge is 2.29. The smallest absolute Gasteiger partial charge is 0.309 e. The summed E-state index contributed by atoms with van der Waals surface area (Å²) in [6.45, 7) is 3.66. The van der Waals surface area contributed by atoms with Gasteiger partial charge in [0.1, 0.15) is 0 Å². The van der Waals surface area contributed by atoms with Crippen LogP contribution in [0.4, 0.5) is 0 Å². The van der Waals surface area contributed by atoms with Gasteiger partial charge in [-0.2, -0.15) is 4.91 Å². The van der Waals surface area contributed by atoms with Crippen molar-refractivity contribution in [3.63, 3.8) is 0 Å². The molecule has 1 aliphatic rings. The summed E-state index contributed by atoms with van der Waals surface area (Å²) in [4.78, 5) is 21.9. The van der Waals surface area contributed by atoms with Crippen LogP contribution in [0.25, 0.3) is 0 Å². The number of carbonyl (C=O) groups is 1. The Labute approximate surface area is 84.0 Å². The van der Waals surface area contributed by atoms with Gasteiger partial charge < -0.3 is 4.74 Å². The lowest BCUT2D eigenvalue weighted by atomic mass is 9.86. The van der Waals surface area contributed by atoms with Crippen molar-refractivity contribution in [2.75, 3.05) is 0 Å². The highest BCUT2D eigenvalue weighted by molar-refractivity contribution is 5.72. The summed E-state index contributed by atoms with van der Waals surface area (Å²) in [5.41, 5.74) is 0. The number of hydrogen-bond acceptors (Lipinski definition) is 4. The Balaban J connectivity index is 2.43. The van der Waals surface area contributed by atoms with Gasteiger partial charge in [-0.3, -0.25) is 4.79 Å². The highest BCUT2D eigenvalue weighted by atomic mass is 16.5. The van der Waals surface area contributed by atoms with Gasteiger partial charge >= 0.3 is 5.97 Å². The third-order valence-corrected chi connectivity index (χ3v) is 2.48. The second-order valence-electron chi connectivity index (χ2n) is 4.11. The minimum Gasteiger partial charge on any atom is -0.463 e. The Morgan fingerprint density at radius 3 is 2.71 bits per heavy atom. The summed E-state index contributed by atoms with van der Waals surface area (Å²) >= 11 is 0. The fourth-order valence-electron chi connectivity index (χ4n) is 1.80. The maximum absolute atomic E-state index is 11.5. The second kappa shape index (κ2) is 5.08. The summed E-state index contributed by atoms with van der Waals surface area (Å²) < 4.78 is 5.10. The van der Waals surface area contributed by atoms with Crippen molar-refractivity contribution >= 4 is 5.97 Å². The molecule has 4 nitrogen and oxygen atoms in total. The van der Waals surface area contributed by atoms with E-state index in [1.807, 2.05) is 13.8 Å². The molecule has 0 unspecified atom stereocenters. The topological polar surface area (TPSA) is 55.7 Å². The molecule has 2 atom stereocenters. The van der Waals surface area contributed by atoms with Crippen molar-refractivity contribution in [1.29, 1.82) is 0 Å². The van der Waals surface area contributed by atoms with Crippen molar-refractivity contribution in [2.45, 2.75) is 51.7 Å². The molecule has 0 N–H and O–H groups in total. The molecule has 0 spiro atoms. The molecule has 14 heavy (non-hydrogen) atoms. The van der Waals surface area contributed by atoms with E-state index in [1.54, 1.807) is 0 Å². The van der Waals surface area contributed by atoms with Crippen LogP contribution in [0, 0.1) is 10.8 Å². The first-order valence-electron chi connectivity index (χ1n) is 5.16. The van der Waals surface area contributed by atoms with Gasteiger partial charge in [0.2, 0.25) is 0 Å². The average Bonchev–Trinajstić information content (AvgIpc) is 2.17. The van der Waals surface area contributed by atoms with E-state index in [1.165, 1.54) is 0 Å². The van der Waals surface area contributed by atoms with Crippen molar-refractivity contribution < 1.29 is 9.53 Å². The molecule has 0 saturated heterocycles. The second-order valence-corrected chi connectivity index (χ2v) is 4.11. The summed E-state index contributed by atoms with van der Waals surface area (Å²) in [5.74, 6) is -0.290.